The van der Waals surface area contributed by atoms with Gasteiger partial charge in [-0.05, 0) is 47.3 Å². The number of benzene rings is 4. The van der Waals surface area contributed by atoms with Gasteiger partial charge in [-0.15, -0.1) is 53.6 Å². The van der Waals surface area contributed by atoms with Crippen LogP contribution in [0.25, 0.3) is 44.5 Å². The minimum Gasteiger partial charge on any atom is -0.500 e. The van der Waals surface area contributed by atoms with Gasteiger partial charge in [-0.1, -0.05) is 118 Å². The van der Waals surface area contributed by atoms with E-state index in [1.807, 2.05) is 43.6 Å². The molecular weight excluding hydrogens is 753 g/mol. The van der Waals surface area contributed by atoms with E-state index in [0.29, 0.717) is 0 Å². The van der Waals surface area contributed by atoms with Crippen LogP contribution < -0.4 is 0 Å². The molecule has 7 aromatic rings. The maximum atomic E-state index is 6.58. The molecule has 0 aliphatic carbocycles. The van der Waals surface area contributed by atoms with Crippen LogP contribution in [0, 0.1) is 31.4 Å². The van der Waals surface area contributed by atoms with Crippen LogP contribution in [0.15, 0.2) is 120 Å². The summed E-state index contributed by atoms with van der Waals surface area (Å²) in [6, 6.07) is 42.2. The van der Waals surface area contributed by atoms with Crippen molar-refractivity contribution < 1.29 is 24.5 Å². The number of para-hydroxylation sites is 1. The first-order chi connectivity index (χ1) is 22.2. The minimum absolute atomic E-state index is 0. The molecular formula is C43H40IrN2O-2. The molecule has 0 aliphatic heterocycles. The summed E-state index contributed by atoms with van der Waals surface area (Å²) in [4.78, 5) is 9.02. The summed E-state index contributed by atoms with van der Waals surface area (Å²) >= 11 is 0. The molecule has 3 heterocycles. The van der Waals surface area contributed by atoms with E-state index in [0.717, 1.165) is 50.9 Å². The third-order valence-electron chi connectivity index (χ3n) is 8.23. The number of pyridine rings is 2. The Labute approximate surface area is 292 Å². The minimum atomic E-state index is 0. The fourth-order valence-electron chi connectivity index (χ4n) is 5.86. The standard InChI is InChI=1S/C30H28NO.C13H12N.Ir/c1-20(22-10-6-5-7-11-22)23-12-8-13-24-25-14-9-15-26(29(25)32-28(23)24)27-18-21(16-17-31-27)19-30(2,3)4;1-10-3-6-12(7-4-10)13-8-5-11(2)9-14-13;/h5-14,16-18,20H,19H2,1-4H3;3-6,8-9H,1-2H3;/q2*-1;. The molecule has 0 saturated carbocycles. The van der Waals surface area contributed by atoms with Gasteiger partial charge in [0.1, 0.15) is 5.58 Å². The van der Waals surface area contributed by atoms with E-state index < -0.39 is 0 Å². The first-order valence-corrected chi connectivity index (χ1v) is 15.9. The monoisotopic (exact) mass is 793 g/mol. The molecule has 3 aromatic heterocycles. The normalized spacial score (nSPS) is 11.9. The van der Waals surface area contributed by atoms with Crippen molar-refractivity contribution >= 4 is 21.9 Å². The number of fused-ring (bicyclic) bond motifs is 3. The van der Waals surface area contributed by atoms with E-state index in [1.165, 1.54) is 27.8 Å². The zero-order valence-electron chi connectivity index (χ0n) is 27.9. The van der Waals surface area contributed by atoms with Crippen LogP contribution in [0.4, 0.5) is 0 Å². The second-order valence-corrected chi connectivity index (χ2v) is 13.3. The predicted octanol–water partition coefficient (Wildman–Crippen LogP) is 11.4. The van der Waals surface area contributed by atoms with Gasteiger partial charge in [0.05, 0.1) is 5.58 Å². The second kappa shape index (κ2) is 14.6. The molecule has 1 atom stereocenters. The van der Waals surface area contributed by atoms with E-state index in [-0.39, 0.29) is 31.4 Å². The average Bonchev–Trinajstić information content (AvgIpc) is 3.45. The zero-order chi connectivity index (χ0) is 32.3. The summed E-state index contributed by atoms with van der Waals surface area (Å²) in [6.45, 7) is 13.1. The van der Waals surface area contributed by atoms with Crippen LogP contribution in [-0.2, 0) is 26.5 Å². The van der Waals surface area contributed by atoms with Gasteiger partial charge in [0, 0.05) is 49.4 Å². The van der Waals surface area contributed by atoms with Gasteiger partial charge in [-0.25, -0.2) is 0 Å². The summed E-state index contributed by atoms with van der Waals surface area (Å²) in [6.07, 6.45) is 4.77. The van der Waals surface area contributed by atoms with Gasteiger partial charge in [0.25, 0.3) is 0 Å². The van der Waals surface area contributed by atoms with Crippen LogP contribution in [0.2, 0.25) is 0 Å². The SMILES string of the molecule is CC(c1ccccc1)c1cccc2c1oc1c(-c3cc(CC(C)(C)C)ccn3)[c-]ccc12.Cc1c[c-]c(-c2ccc(C)cn2)cc1.[Ir]. The Kier molecular flexibility index (Phi) is 10.5. The van der Waals surface area contributed by atoms with Gasteiger partial charge in [-0.2, -0.15) is 0 Å². The van der Waals surface area contributed by atoms with Crippen molar-refractivity contribution in [3.05, 3.63) is 155 Å². The van der Waals surface area contributed by atoms with Crippen molar-refractivity contribution in [2.24, 2.45) is 5.41 Å². The van der Waals surface area contributed by atoms with Crippen molar-refractivity contribution in [3.63, 3.8) is 0 Å². The van der Waals surface area contributed by atoms with Crippen LogP contribution in [0.5, 0.6) is 0 Å². The molecule has 3 nitrogen and oxygen atoms in total. The van der Waals surface area contributed by atoms with Crippen molar-refractivity contribution in [1.82, 2.24) is 9.97 Å². The van der Waals surface area contributed by atoms with E-state index >= 15 is 0 Å². The Morgan fingerprint density at radius 2 is 1.51 bits per heavy atom. The molecule has 1 unspecified atom stereocenters. The summed E-state index contributed by atoms with van der Waals surface area (Å²) in [5.74, 6) is 0.237. The number of rotatable bonds is 5. The van der Waals surface area contributed by atoms with E-state index in [9.17, 15) is 0 Å². The molecule has 4 heteroatoms. The molecule has 239 valence electrons. The largest absolute Gasteiger partial charge is 0.500 e. The van der Waals surface area contributed by atoms with Crippen molar-refractivity contribution in [2.45, 2.75) is 53.9 Å². The Bertz CT molecular complexity index is 2030. The van der Waals surface area contributed by atoms with Gasteiger partial charge < -0.3 is 14.4 Å². The van der Waals surface area contributed by atoms with Crippen LogP contribution >= 0.6 is 0 Å². The molecule has 0 spiro atoms. The topological polar surface area (TPSA) is 38.9 Å². The number of hydrogen-bond donors (Lipinski definition) is 0. The van der Waals surface area contributed by atoms with E-state index in [4.69, 9.17) is 4.42 Å². The first kappa shape index (κ1) is 34.0. The summed E-state index contributed by atoms with van der Waals surface area (Å²) in [5, 5.41) is 2.25. The average molecular weight is 793 g/mol. The maximum Gasteiger partial charge on any atom is 0.124 e. The van der Waals surface area contributed by atoms with Crippen molar-refractivity contribution in [2.75, 3.05) is 0 Å². The molecule has 0 aliphatic rings. The fourth-order valence-corrected chi connectivity index (χ4v) is 5.86. The van der Waals surface area contributed by atoms with E-state index in [2.05, 4.69) is 136 Å². The fraction of sp³-hybridized carbons (Fsp3) is 0.209. The molecule has 0 fully saturated rings. The zero-order valence-corrected chi connectivity index (χ0v) is 30.3. The summed E-state index contributed by atoms with van der Waals surface area (Å²) in [5.41, 5.74) is 12.1. The third kappa shape index (κ3) is 7.96. The molecule has 7 rings (SSSR count). The number of nitrogens with zero attached hydrogens (tertiary/aromatic N) is 2. The Balaban J connectivity index is 0.000000243. The van der Waals surface area contributed by atoms with Crippen LogP contribution in [0.3, 0.4) is 0 Å². The molecule has 0 bridgehead atoms. The Morgan fingerprint density at radius 1 is 0.745 bits per heavy atom. The second-order valence-electron chi connectivity index (χ2n) is 13.3. The Morgan fingerprint density at radius 3 is 2.21 bits per heavy atom. The van der Waals surface area contributed by atoms with Gasteiger partial charge >= 0.3 is 0 Å². The molecule has 1 radical (unpaired) electrons. The summed E-state index contributed by atoms with van der Waals surface area (Å²) < 4.78 is 6.58. The predicted molar refractivity (Wildman–Crippen MR) is 191 cm³/mol. The molecule has 47 heavy (non-hydrogen) atoms. The first-order valence-electron chi connectivity index (χ1n) is 15.9. The molecule has 4 aromatic carbocycles. The van der Waals surface area contributed by atoms with Crippen molar-refractivity contribution in [1.29, 1.82) is 0 Å². The quantitative estimate of drug-likeness (QED) is 0.163. The van der Waals surface area contributed by atoms with E-state index in [1.54, 1.807) is 0 Å². The van der Waals surface area contributed by atoms with Crippen LogP contribution in [0.1, 0.15) is 61.4 Å². The van der Waals surface area contributed by atoms with Crippen LogP contribution in [-0.4, -0.2) is 9.97 Å². The molecule has 0 amide bonds. The van der Waals surface area contributed by atoms with Gasteiger partial charge in [0.2, 0.25) is 0 Å². The molecule has 0 saturated heterocycles. The maximum absolute atomic E-state index is 6.58. The molecule has 0 N–H and O–H groups in total. The number of aryl methyl sites for hydroxylation is 2. The third-order valence-corrected chi connectivity index (χ3v) is 8.23. The van der Waals surface area contributed by atoms with Gasteiger partial charge in [-0.3, -0.25) is 0 Å². The van der Waals surface area contributed by atoms with Crippen molar-refractivity contribution in [3.8, 4) is 22.5 Å². The number of hydrogen-bond acceptors (Lipinski definition) is 3. The summed E-state index contributed by atoms with van der Waals surface area (Å²) in [7, 11) is 0. The van der Waals surface area contributed by atoms with Gasteiger partial charge in [0.15, 0.2) is 0 Å². The Hall–Kier alpha value is -4.37. The number of furan rings is 1. The number of aromatic nitrogens is 2. The smallest absolute Gasteiger partial charge is 0.124 e.